The van der Waals surface area contributed by atoms with E-state index in [2.05, 4.69) is 0 Å². The molecule has 0 atom stereocenters. The topological polar surface area (TPSA) is 87.8 Å². The van der Waals surface area contributed by atoms with Gasteiger partial charge in [0.2, 0.25) is 5.91 Å². The van der Waals surface area contributed by atoms with Gasteiger partial charge in [0.15, 0.2) is 5.78 Å². The second-order valence-electron chi connectivity index (χ2n) is 6.21. The van der Waals surface area contributed by atoms with Crippen molar-refractivity contribution in [3.8, 4) is 0 Å². The van der Waals surface area contributed by atoms with Gasteiger partial charge in [0.1, 0.15) is 17.1 Å². The van der Waals surface area contributed by atoms with Crippen molar-refractivity contribution < 1.29 is 23.9 Å². The van der Waals surface area contributed by atoms with E-state index in [0.29, 0.717) is 17.1 Å². The molecule has 1 heterocycles. The van der Waals surface area contributed by atoms with Gasteiger partial charge in [-0.05, 0) is 25.0 Å². The number of carbonyl (C=O) groups is 3. The number of nitrogens with zero attached hydrogens (tertiary/aromatic N) is 1. The van der Waals surface area contributed by atoms with Crippen LogP contribution in [0, 0.1) is 6.92 Å². The third kappa shape index (κ3) is 4.81. The molecule has 2 rings (SSSR count). The SMILES string of the molecule is CCc1ccc(C(=O)CCC(=O)N(C)Cc2cc(C(=O)O)c(C)o2)cc1. The van der Waals surface area contributed by atoms with Crippen LogP contribution >= 0.6 is 0 Å². The standard InChI is InChI=1S/C20H23NO5/c1-4-14-5-7-15(8-6-14)18(22)9-10-19(23)21(3)12-16-11-17(20(24)25)13(2)26-16/h5-8,11H,4,9-10,12H2,1-3H3,(H,24,25). The number of rotatable bonds is 8. The zero-order valence-electron chi connectivity index (χ0n) is 15.2. The Bertz CT molecular complexity index is 804. The minimum absolute atomic E-state index is 0.0728. The number of amides is 1. The van der Waals surface area contributed by atoms with E-state index in [-0.39, 0.29) is 36.6 Å². The van der Waals surface area contributed by atoms with E-state index in [0.717, 1.165) is 12.0 Å². The smallest absolute Gasteiger partial charge is 0.339 e. The zero-order valence-corrected chi connectivity index (χ0v) is 15.2. The first kappa shape index (κ1) is 19.4. The minimum Gasteiger partial charge on any atom is -0.478 e. The summed E-state index contributed by atoms with van der Waals surface area (Å²) in [4.78, 5) is 36.9. The highest BCUT2D eigenvalue weighted by atomic mass is 16.4. The molecule has 0 aliphatic carbocycles. The third-order valence-electron chi connectivity index (χ3n) is 4.27. The van der Waals surface area contributed by atoms with Crippen molar-refractivity contribution in [2.24, 2.45) is 0 Å². The lowest BCUT2D eigenvalue weighted by Gasteiger charge is -2.15. The van der Waals surface area contributed by atoms with Crippen molar-refractivity contribution in [3.63, 3.8) is 0 Å². The van der Waals surface area contributed by atoms with Crippen LogP contribution in [0.5, 0.6) is 0 Å². The van der Waals surface area contributed by atoms with Gasteiger partial charge in [-0.1, -0.05) is 31.2 Å². The molecule has 138 valence electrons. The predicted molar refractivity (Wildman–Crippen MR) is 96.3 cm³/mol. The van der Waals surface area contributed by atoms with Crippen LogP contribution in [0.15, 0.2) is 34.7 Å². The van der Waals surface area contributed by atoms with Crippen LogP contribution in [0.2, 0.25) is 0 Å². The van der Waals surface area contributed by atoms with E-state index in [1.807, 2.05) is 19.1 Å². The second kappa shape index (κ2) is 8.47. The molecule has 1 amide bonds. The molecule has 1 aromatic heterocycles. The predicted octanol–water partition coefficient (Wildman–Crippen LogP) is 3.47. The largest absolute Gasteiger partial charge is 0.478 e. The van der Waals surface area contributed by atoms with Gasteiger partial charge in [0.05, 0.1) is 6.54 Å². The van der Waals surface area contributed by atoms with Gasteiger partial charge >= 0.3 is 5.97 Å². The van der Waals surface area contributed by atoms with Gasteiger partial charge in [-0.2, -0.15) is 0 Å². The van der Waals surface area contributed by atoms with Crippen molar-refractivity contribution >= 4 is 17.7 Å². The van der Waals surface area contributed by atoms with Crippen LogP contribution in [0.25, 0.3) is 0 Å². The lowest BCUT2D eigenvalue weighted by Crippen LogP contribution is -2.26. The molecule has 6 heteroatoms. The van der Waals surface area contributed by atoms with Crippen molar-refractivity contribution in [2.45, 2.75) is 39.7 Å². The number of carboxylic acids is 1. The third-order valence-corrected chi connectivity index (χ3v) is 4.27. The number of furan rings is 1. The number of carbonyl (C=O) groups excluding carboxylic acids is 2. The molecule has 0 spiro atoms. The van der Waals surface area contributed by atoms with Gasteiger partial charge < -0.3 is 14.4 Å². The number of benzene rings is 1. The van der Waals surface area contributed by atoms with Crippen molar-refractivity contribution in [1.29, 1.82) is 0 Å². The van der Waals surface area contributed by atoms with Crippen molar-refractivity contribution in [1.82, 2.24) is 4.90 Å². The molecule has 0 fully saturated rings. The molecule has 0 saturated heterocycles. The van der Waals surface area contributed by atoms with E-state index < -0.39 is 5.97 Å². The Labute approximate surface area is 152 Å². The van der Waals surface area contributed by atoms with E-state index in [9.17, 15) is 14.4 Å². The maximum Gasteiger partial charge on any atom is 0.339 e. The molecule has 6 nitrogen and oxygen atoms in total. The average Bonchev–Trinajstić information content (AvgIpc) is 2.99. The number of carboxylic acid groups (broad SMARTS) is 1. The van der Waals surface area contributed by atoms with Crippen molar-refractivity contribution in [3.05, 3.63) is 58.5 Å². The van der Waals surface area contributed by atoms with Crippen LogP contribution in [-0.4, -0.2) is 34.7 Å². The summed E-state index contributed by atoms with van der Waals surface area (Å²) in [6.45, 7) is 3.77. The van der Waals surface area contributed by atoms with E-state index >= 15 is 0 Å². The molecular weight excluding hydrogens is 334 g/mol. The second-order valence-corrected chi connectivity index (χ2v) is 6.21. The zero-order chi connectivity index (χ0) is 19.3. The maximum absolute atomic E-state index is 12.2. The summed E-state index contributed by atoms with van der Waals surface area (Å²) in [6, 6.07) is 8.83. The Balaban J connectivity index is 1.89. The number of aromatic carboxylic acids is 1. The lowest BCUT2D eigenvalue weighted by molar-refractivity contribution is -0.130. The fraction of sp³-hybridized carbons (Fsp3) is 0.350. The molecule has 0 unspecified atom stereocenters. The first-order valence-corrected chi connectivity index (χ1v) is 8.50. The summed E-state index contributed by atoms with van der Waals surface area (Å²) < 4.78 is 5.37. The molecule has 26 heavy (non-hydrogen) atoms. The van der Waals surface area contributed by atoms with Gasteiger partial charge in [-0.25, -0.2) is 4.79 Å². The summed E-state index contributed by atoms with van der Waals surface area (Å²) in [7, 11) is 1.60. The summed E-state index contributed by atoms with van der Waals surface area (Å²) in [5, 5.41) is 9.03. The van der Waals surface area contributed by atoms with Crippen LogP contribution < -0.4 is 0 Å². The fourth-order valence-electron chi connectivity index (χ4n) is 2.64. The number of ketones is 1. The van der Waals surface area contributed by atoms with Crippen molar-refractivity contribution in [2.75, 3.05) is 7.05 Å². The Morgan fingerprint density at radius 2 is 1.77 bits per heavy atom. The Kier molecular flexibility index (Phi) is 6.33. The van der Waals surface area contributed by atoms with Gasteiger partial charge in [-0.15, -0.1) is 0 Å². The fourth-order valence-corrected chi connectivity index (χ4v) is 2.64. The molecule has 2 aromatic rings. The Morgan fingerprint density at radius 1 is 1.12 bits per heavy atom. The molecule has 1 aromatic carbocycles. The van der Waals surface area contributed by atoms with Gasteiger partial charge in [0.25, 0.3) is 0 Å². The summed E-state index contributed by atoms with van der Waals surface area (Å²) >= 11 is 0. The van der Waals surface area contributed by atoms with Crippen LogP contribution in [0.1, 0.15) is 57.6 Å². The van der Waals surface area contributed by atoms with Gasteiger partial charge in [-0.3, -0.25) is 9.59 Å². The molecule has 1 N–H and O–H groups in total. The molecule has 0 radical (unpaired) electrons. The summed E-state index contributed by atoms with van der Waals surface area (Å²) in [5.74, 6) is -0.631. The number of hydrogen-bond donors (Lipinski definition) is 1. The minimum atomic E-state index is -1.06. The first-order chi connectivity index (χ1) is 12.3. The number of hydrogen-bond acceptors (Lipinski definition) is 4. The molecular formula is C20H23NO5. The molecule has 0 aliphatic rings. The Morgan fingerprint density at radius 3 is 2.31 bits per heavy atom. The van der Waals surface area contributed by atoms with Crippen LogP contribution in [0.4, 0.5) is 0 Å². The highest BCUT2D eigenvalue weighted by Crippen LogP contribution is 2.17. The highest BCUT2D eigenvalue weighted by molar-refractivity contribution is 5.98. The monoisotopic (exact) mass is 357 g/mol. The average molecular weight is 357 g/mol. The van der Waals surface area contributed by atoms with E-state index in [1.165, 1.54) is 11.0 Å². The number of Topliss-reactive ketones (excluding diaryl/α,β-unsaturated/α-hetero) is 1. The summed E-state index contributed by atoms with van der Waals surface area (Å²) in [6.07, 6.45) is 1.14. The van der Waals surface area contributed by atoms with Gasteiger partial charge in [0, 0.05) is 25.5 Å². The highest BCUT2D eigenvalue weighted by Gasteiger charge is 2.17. The van der Waals surface area contributed by atoms with Crippen LogP contribution in [-0.2, 0) is 17.8 Å². The Hall–Kier alpha value is -2.89. The molecule has 0 bridgehead atoms. The first-order valence-electron chi connectivity index (χ1n) is 8.50. The molecule has 0 saturated carbocycles. The maximum atomic E-state index is 12.2. The lowest BCUT2D eigenvalue weighted by atomic mass is 10.0. The van der Waals surface area contributed by atoms with E-state index in [1.54, 1.807) is 26.1 Å². The quantitative estimate of drug-likeness (QED) is 0.731. The summed E-state index contributed by atoms with van der Waals surface area (Å²) in [5.41, 5.74) is 1.85. The molecule has 0 aliphatic heterocycles. The normalized spacial score (nSPS) is 10.6. The van der Waals surface area contributed by atoms with E-state index in [4.69, 9.17) is 9.52 Å². The number of aryl methyl sites for hydroxylation is 2. The van der Waals surface area contributed by atoms with Crippen LogP contribution in [0.3, 0.4) is 0 Å².